The fourth-order valence-electron chi connectivity index (χ4n) is 2.93. The van der Waals surface area contributed by atoms with Crippen LogP contribution in [0, 0.1) is 5.41 Å². The Labute approximate surface area is 94.8 Å². The minimum absolute atomic E-state index is 0.309. The highest BCUT2D eigenvalue weighted by Gasteiger charge is 2.35. The lowest BCUT2D eigenvalue weighted by Gasteiger charge is -2.40. The molecule has 1 saturated carbocycles. The standard InChI is InChI=1S/C15H24/c1-5-13(4)15(14(6-2)7-3)11-9-8-10-12-15/h5-7H,2,8-12H2,1,3-4H3/b13-5+,14-7+. The Bertz CT molecular complexity index is 272. The van der Waals surface area contributed by atoms with Gasteiger partial charge in [-0.3, -0.25) is 0 Å². The number of allylic oxidation sites excluding steroid dienone is 5. The normalized spacial score (nSPS) is 22.6. The first-order chi connectivity index (χ1) is 7.21. The van der Waals surface area contributed by atoms with Crippen molar-refractivity contribution in [1.29, 1.82) is 0 Å². The van der Waals surface area contributed by atoms with Gasteiger partial charge in [0.1, 0.15) is 0 Å². The molecule has 0 nitrogen and oxygen atoms in total. The molecule has 1 aliphatic carbocycles. The van der Waals surface area contributed by atoms with Crippen molar-refractivity contribution in [2.24, 2.45) is 5.41 Å². The summed E-state index contributed by atoms with van der Waals surface area (Å²) in [4.78, 5) is 0. The summed E-state index contributed by atoms with van der Waals surface area (Å²) in [6.45, 7) is 10.5. The predicted molar refractivity (Wildman–Crippen MR) is 68.9 cm³/mol. The second-order valence-electron chi connectivity index (χ2n) is 4.56. The summed E-state index contributed by atoms with van der Waals surface area (Å²) in [6.07, 6.45) is 13.3. The highest BCUT2D eigenvalue weighted by atomic mass is 14.4. The summed E-state index contributed by atoms with van der Waals surface area (Å²) in [5, 5.41) is 0. The molecule has 0 heteroatoms. The highest BCUT2D eigenvalue weighted by molar-refractivity contribution is 5.35. The van der Waals surface area contributed by atoms with Gasteiger partial charge in [-0.25, -0.2) is 0 Å². The van der Waals surface area contributed by atoms with Gasteiger partial charge >= 0.3 is 0 Å². The van der Waals surface area contributed by atoms with Crippen LogP contribution < -0.4 is 0 Å². The summed E-state index contributed by atoms with van der Waals surface area (Å²) in [6, 6.07) is 0. The van der Waals surface area contributed by atoms with E-state index in [1.807, 2.05) is 0 Å². The van der Waals surface area contributed by atoms with Crippen LogP contribution in [0.2, 0.25) is 0 Å². The summed E-state index contributed by atoms with van der Waals surface area (Å²) in [5.41, 5.74) is 3.26. The molecule has 0 N–H and O–H groups in total. The molecule has 1 fully saturated rings. The zero-order chi connectivity index (χ0) is 11.3. The van der Waals surface area contributed by atoms with Crippen LogP contribution in [0.4, 0.5) is 0 Å². The maximum atomic E-state index is 3.97. The van der Waals surface area contributed by atoms with Crippen molar-refractivity contribution in [3.8, 4) is 0 Å². The van der Waals surface area contributed by atoms with Gasteiger partial charge in [0.2, 0.25) is 0 Å². The lowest BCUT2D eigenvalue weighted by molar-refractivity contribution is 0.294. The summed E-state index contributed by atoms with van der Waals surface area (Å²) < 4.78 is 0. The van der Waals surface area contributed by atoms with Crippen LogP contribution in [-0.2, 0) is 0 Å². The Morgan fingerprint density at radius 3 is 2.07 bits per heavy atom. The van der Waals surface area contributed by atoms with E-state index in [0.717, 1.165) is 0 Å². The van der Waals surface area contributed by atoms with Crippen LogP contribution in [0.25, 0.3) is 0 Å². The van der Waals surface area contributed by atoms with E-state index in [1.165, 1.54) is 43.3 Å². The van der Waals surface area contributed by atoms with Crippen LogP contribution >= 0.6 is 0 Å². The molecular weight excluding hydrogens is 180 g/mol. The average molecular weight is 204 g/mol. The first kappa shape index (κ1) is 12.3. The Balaban J connectivity index is 3.10. The molecule has 0 spiro atoms. The second-order valence-corrected chi connectivity index (χ2v) is 4.56. The van der Waals surface area contributed by atoms with E-state index in [-0.39, 0.29) is 0 Å². The van der Waals surface area contributed by atoms with Crippen LogP contribution in [0.5, 0.6) is 0 Å². The predicted octanol–water partition coefficient (Wildman–Crippen LogP) is 5.04. The molecule has 15 heavy (non-hydrogen) atoms. The van der Waals surface area contributed by atoms with Gasteiger partial charge in [0.15, 0.2) is 0 Å². The van der Waals surface area contributed by atoms with Gasteiger partial charge in [0, 0.05) is 5.41 Å². The lowest BCUT2D eigenvalue weighted by atomic mass is 9.64. The van der Waals surface area contributed by atoms with Gasteiger partial charge < -0.3 is 0 Å². The molecule has 0 unspecified atom stereocenters. The Morgan fingerprint density at radius 2 is 1.67 bits per heavy atom. The second kappa shape index (κ2) is 5.34. The topological polar surface area (TPSA) is 0 Å². The zero-order valence-electron chi connectivity index (χ0n) is 10.5. The molecular formula is C15H24. The van der Waals surface area contributed by atoms with Crippen molar-refractivity contribution in [2.45, 2.75) is 52.9 Å². The van der Waals surface area contributed by atoms with E-state index < -0.39 is 0 Å². The molecule has 0 bridgehead atoms. The molecule has 0 aromatic heterocycles. The van der Waals surface area contributed by atoms with Gasteiger partial charge in [-0.05, 0) is 39.2 Å². The van der Waals surface area contributed by atoms with Crippen molar-refractivity contribution >= 4 is 0 Å². The fourth-order valence-corrected chi connectivity index (χ4v) is 2.93. The Morgan fingerprint density at radius 1 is 1.07 bits per heavy atom. The third-order valence-electron chi connectivity index (χ3n) is 3.98. The first-order valence-electron chi connectivity index (χ1n) is 6.14. The van der Waals surface area contributed by atoms with E-state index in [9.17, 15) is 0 Å². The maximum absolute atomic E-state index is 3.97. The van der Waals surface area contributed by atoms with Gasteiger partial charge in [-0.1, -0.05) is 49.6 Å². The molecule has 0 aromatic rings. The van der Waals surface area contributed by atoms with Crippen molar-refractivity contribution in [2.75, 3.05) is 0 Å². The molecule has 0 aliphatic heterocycles. The number of rotatable bonds is 3. The largest absolute Gasteiger partial charge is 0.0988 e. The number of hydrogen-bond donors (Lipinski definition) is 0. The highest BCUT2D eigenvalue weighted by Crippen LogP contribution is 2.48. The van der Waals surface area contributed by atoms with Crippen molar-refractivity contribution in [3.63, 3.8) is 0 Å². The molecule has 0 saturated heterocycles. The Hall–Kier alpha value is -0.780. The molecule has 0 radical (unpaired) electrons. The van der Waals surface area contributed by atoms with Crippen molar-refractivity contribution in [3.05, 3.63) is 36.0 Å². The van der Waals surface area contributed by atoms with E-state index in [2.05, 4.69) is 45.6 Å². The molecule has 1 aliphatic rings. The first-order valence-corrected chi connectivity index (χ1v) is 6.14. The van der Waals surface area contributed by atoms with Crippen LogP contribution in [-0.4, -0.2) is 0 Å². The molecule has 0 atom stereocenters. The molecule has 1 rings (SSSR count). The van der Waals surface area contributed by atoms with Gasteiger partial charge in [-0.15, -0.1) is 0 Å². The van der Waals surface area contributed by atoms with Crippen LogP contribution in [0.3, 0.4) is 0 Å². The maximum Gasteiger partial charge on any atom is 0.0155 e. The van der Waals surface area contributed by atoms with E-state index >= 15 is 0 Å². The fraction of sp³-hybridized carbons (Fsp3) is 0.600. The third-order valence-corrected chi connectivity index (χ3v) is 3.98. The van der Waals surface area contributed by atoms with Gasteiger partial charge in [-0.2, -0.15) is 0 Å². The summed E-state index contributed by atoms with van der Waals surface area (Å²) in [7, 11) is 0. The minimum Gasteiger partial charge on any atom is -0.0988 e. The van der Waals surface area contributed by atoms with Crippen LogP contribution in [0.15, 0.2) is 36.0 Å². The molecule has 0 aromatic carbocycles. The van der Waals surface area contributed by atoms with E-state index in [0.29, 0.717) is 5.41 Å². The zero-order valence-corrected chi connectivity index (χ0v) is 10.5. The quantitative estimate of drug-likeness (QED) is 0.446. The number of hydrogen-bond acceptors (Lipinski definition) is 0. The smallest absolute Gasteiger partial charge is 0.0155 e. The van der Waals surface area contributed by atoms with E-state index in [4.69, 9.17) is 0 Å². The average Bonchev–Trinajstić information content (AvgIpc) is 2.30. The van der Waals surface area contributed by atoms with Crippen molar-refractivity contribution < 1.29 is 0 Å². The molecule has 0 amide bonds. The monoisotopic (exact) mass is 204 g/mol. The van der Waals surface area contributed by atoms with Crippen LogP contribution in [0.1, 0.15) is 52.9 Å². The minimum atomic E-state index is 0.309. The summed E-state index contributed by atoms with van der Waals surface area (Å²) in [5.74, 6) is 0. The van der Waals surface area contributed by atoms with Gasteiger partial charge in [0.05, 0.1) is 0 Å². The van der Waals surface area contributed by atoms with E-state index in [1.54, 1.807) is 0 Å². The molecule has 0 heterocycles. The SMILES string of the molecule is C=C/C(=C\C)C1(/C(C)=C/C)CCCCC1. The Kier molecular flexibility index (Phi) is 4.38. The lowest BCUT2D eigenvalue weighted by Crippen LogP contribution is -2.27. The third kappa shape index (κ3) is 2.25. The summed E-state index contributed by atoms with van der Waals surface area (Å²) >= 11 is 0. The van der Waals surface area contributed by atoms with Gasteiger partial charge in [0.25, 0.3) is 0 Å². The molecule has 84 valence electrons. The van der Waals surface area contributed by atoms with Crippen molar-refractivity contribution in [1.82, 2.24) is 0 Å².